The minimum atomic E-state index is -0.840. The molecule has 4 heterocycles. The zero-order valence-electron chi connectivity index (χ0n) is 60.4. The second kappa shape index (κ2) is 41.7. The van der Waals surface area contributed by atoms with Gasteiger partial charge in [0, 0.05) is 57.5 Å². The van der Waals surface area contributed by atoms with Gasteiger partial charge < -0.3 is 64.6 Å². The highest BCUT2D eigenvalue weighted by molar-refractivity contribution is 5.95. The van der Waals surface area contributed by atoms with E-state index < -0.39 is 65.4 Å². The predicted molar refractivity (Wildman–Crippen MR) is 358 cm³/mol. The van der Waals surface area contributed by atoms with Crippen LogP contribution in [0.3, 0.4) is 0 Å². The van der Waals surface area contributed by atoms with Gasteiger partial charge in [0.2, 0.25) is 47.3 Å². The first-order valence-corrected chi connectivity index (χ1v) is 34.0. The van der Waals surface area contributed by atoms with Crippen molar-refractivity contribution in [3.05, 3.63) is 35.9 Å². The van der Waals surface area contributed by atoms with Crippen molar-refractivity contribution < 1.29 is 81.2 Å². The quantitative estimate of drug-likeness (QED) is 0.0546. The van der Waals surface area contributed by atoms with Crippen LogP contribution >= 0.6 is 0 Å². The Morgan fingerprint density at radius 2 is 0.705 bits per heavy atom. The van der Waals surface area contributed by atoms with Gasteiger partial charge in [-0.15, -0.1) is 0 Å². The van der Waals surface area contributed by atoms with Gasteiger partial charge in [-0.2, -0.15) is 0 Å². The molecule has 4 fully saturated rings. The van der Waals surface area contributed by atoms with E-state index in [1.807, 2.05) is 113 Å². The van der Waals surface area contributed by atoms with E-state index in [4.69, 9.17) is 23.7 Å². The third-order valence-electron chi connectivity index (χ3n) is 18.0. The first kappa shape index (κ1) is 83.9. The highest BCUT2D eigenvalue weighted by atomic mass is 16.5. The van der Waals surface area contributed by atoms with Crippen molar-refractivity contribution in [1.82, 2.24) is 40.9 Å². The van der Waals surface area contributed by atoms with Crippen molar-refractivity contribution in [2.75, 3.05) is 61.7 Å². The predicted octanol–water partition coefficient (Wildman–Crippen LogP) is 6.41. The lowest BCUT2D eigenvalue weighted by molar-refractivity contribution is -0.157. The first-order chi connectivity index (χ1) is 44.7. The molecule has 8 amide bonds. The van der Waals surface area contributed by atoms with Crippen molar-refractivity contribution in [2.45, 2.75) is 247 Å². The normalized spacial score (nSPS) is 19.4. The van der Waals surface area contributed by atoms with Gasteiger partial charge in [-0.05, 0) is 138 Å². The molecule has 1 aromatic rings. The van der Waals surface area contributed by atoms with Crippen LogP contribution in [0, 0.1) is 29.6 Å². The Bertz CT molecular complexity index is 2590. The summed E-state index contributed by atoms with van der Waals surface area (Å²) >= 11 is 0. The molecule has 0 saturated carbocycles. The van der Waals surface area contributed by atoms with Crippen molar-refractivity contribution >= 4 is 71.1 Å². The average molecular weight is 1340 g/mol. The van der Waals surface area contributed by atoms with E-state index >= 15 is 0 Å². The summed E-state index contributed by atoms with van der Waals surface area (Å²) in [4.78, 5) is 155. The third kappa shape index (κ3) is 26.4. The summed E-state index contributed by atoms with van der Waals surface area (Å²) in [6, 6.07) is 7.48. The molecule has 0 spiro atoms. The van der Waals surface area contributed by atoms with E-state index in [0.717, 1.165) is 44.1 Å². The van der Waals surface area contributed by atoms with Crippen LogP contribution in [0.5, 0.6) is 0 Å². The molecule has 4 aliphatic heterocycles. The Kier molecular flexibility index (Phi) is 36.8. The molecule has 4 N–H and O–H groups in total. The molecule has 0 aromatic heterocycles. The van der Waals surface area contributed by atoms with Crippen molar-refractivity contribution in [3.63, 3.8) is 0 Å². The number of carbonyl (C=O) groups excluding carboxylic acids is 12. The number of carbonyl (C=O) groups is 12. The lowest BCUT2D eigenvalue weighted by Gasteiger charge is -2.36. The van der Waals surface area contributed by atoms with Crippen LogP contribution < -0.4 is 21.3 Å². The molecule has 0 radical (unpaired) electrons. The first-order valence-electron chi connectivity index (χ1n) is 34.0. The molecule has 10 atom stereocenters. The Morgan fingerprint density at radius 3 is 0.989 bits per heavy atom. The summed E-state index contributed by atoms with van der Waals surface area (Å²) < 4.78 is 24.4. The highest BCUT2D eigenvalue weighted by Crippen LogP contribution is 2.33. The molecule has 25 nitrogen and oxygen atoms in total. The number of methoxy groups -OCH3 is 5. The Morgan fingerprint density at radius 1 is 0.421 bits per heavy atom. The van der Waals surface area contributed by atoms with Crippen LogP contribution in [0.25, 0.3) is 0 Å². The fourth-order valence-corrected chi connectivity index (χ4v) is 12.0. The van der Waals surface area contributed by atoms with E-state index in [9.17, 15) is 57.5 Å². The van der Waals surface area contributed by atoms with Crippen molar-refractivity contribution in [1.29, 1.82) is 0 Å². The maximum atomic E-state index is 13.1. The molecule has 4 saturated heterocycles. The van der Waals surface area contributed by atoms with Crippen LogP contribution in [-0.2, 0) is 81.2 Å². The summed E-state index contributed by atoms with van der Waals surface area (Å²) in [5.74, 6) is -4.89. The number of hydrogen-bond acceptors (Lipinski definition) is 17. The zero-order chi connectivity index (χ0) is 72.0. The minimum absolute atomic E-state index is 0.0105. The molecule has 538 valence electrons. The number of nitrogens with zero attached hydrogens (tertiary/aromatic N) is 4. The standard InChI is InChI=1S/C19H26N2O4.C17H30N2O5.2C17H30N2O4/c1-13(2)20-18(23)16-10-7-11-21(16)19(24)15(12-17(22)25-3)14-8-5-4-6-9-14;1-11(2)18-15(21)13-8-7-9-19(13)16(22)12(10-14(20)23-5)17(3,4)24-6;2*1-6-12(4)13(10-15(20)23-5)17(22)19-9-7-8-14(19)16(21)18-11(2)3/h4-6,8-9,13,15-16H,7,10-12H2,1-3H3,(H,20,23);11-13H,7-10H2,1-6H3,(H,18,21);2*11-14H,6-10H2,1-5H3,(H,18,21)/t15-,16-;12-,13+;12-,13+,14+;12-,13-,14-/m0110/s1. The van der Waals surface area contributed by atoms with Gasteiger partial charge in [0.1, 0.15) is 24.2 Å². The van der Waals surface area contributed by atoms with Crippen molar-refractivity contribution in [3.8, 4) is 0 Å². The molecule has 4 aliphatic rings. The molecule has 0 aliphatic carbocycles. The number of ether oxygens (including phenoxy) is 5. The topological polar surface area (TPSA) is 312 Å². The Labute approximate surface area is 565 Å². The summed E-state index contributed by atoms with van der Waals surface area (Å²) in [5.41, 5.74) is -0.0831. The van der Waals surface area contributed by atoms with Gasteiger partial charge >= 0.3 is 23.9 Å². The minimum Gasteiger partial charge on any atom is -0.469 e. The van der Waals surface area contributed by atoms with E-state index in [-0.39, 0.29) is 121 Å². The van der Waals surface area contributed by atoms with E-state index in [1.165, 1.54) is 35.5 Å². The van der Waals surface area contributed by atoms with E-state index in [2.05, 4.69) is 21.3 Å². The van der Waals surface area contributed by atoms with E-state index in [0.29, 0.717) is 51.9 Å². The van der Waals surface area contributed by atoms with Gasteiger partial charge in [0.15, 0.2) is 0 Å². The summed E-state index contributed by atoms with van der Waals surface area (Å²) in [6.45, 7) is 28.8. The number of hydrogen-bond donors (Lipinski definition) is 4. The maximum absolute atomic E-state index is 13.1. The van der Waals surface area contributed by atoms with Gasteiger partial charge in [-0.25, -0.2) is 0 Å². The average Bonchev–Trinajstić information content (AvgIpc) is 1.83. The van der Waals surface area contributed by atoms with Crippen LogP contribution in [-0.4, -0.2) is 206 Å². The maximum Gasteiger partial charge on any atom is 0.306 e. The fraction of sp³-hybridized carbons (Fsp3) is 0.743. The molecule has 95 heavy (non-hydrogen) atoms. The van der Waals surface area contributed by atoms with Gasteiger partial charge in [0.25, 0.3) is 0 Å². The van der Waals surface area contributed by atoms with Gasteiger partial charge in [0.05, 0.1) is 83.4 Å². The second-order valence-corrected chi connectivity index (χ2v) is 26.8. The third-order valence-corrected chi connectivity index (χ3v) is 18.0. The monoisotopic (exact) mass is 1340 g/mol. The molecule has 5 rings (SSSR count). The van der Waals surface area contributed by atoms with Crippen LogP contribution in [0.2, 0.25) is 0 Å². The Balaban J connectivity index is 0.000000431. The van der Waals surface area contributed by atoms with Crippen LogP contribution in [0.4, 0.5) is 0 Å². The lowest BCUT2D eigenvalue weighted by Crippen LogP contribution is -2.53. The van der Waals surface area contributed by atoms with Gasteiger partial charge in [-0.3, -0.25) is 57.5 Å². The molecule has 0 bridgehead atoms. The highest BCUT2D eigenvalue weighted by Gasteiger charge is 2.46. The molecule has 25 heteroatoms. The number of likely N-dealkylation sites (tertiary alicyclic amines) is 4. The summed E-state index contributed by atoms with van der Waals surface area (Å²) in [7, 11) is 6.76. The second-order valence-electron chi connectivity index (χ2n) is 26.8. The SMILES string of the molecule is CC[C@@H](C)[C@H](CC(=O)OC)C(=O)N1CCC[C@H]1C(=O)NC(C)C.CC[C@H](C)[C@H](CC(=O)OC)C(=O)N1CCC[C@H]1C(=O)NC(C)C.COC(=O)C[C@H](C(=O)N1CCC[C@H]1C(=O)NC(C)C)C(C)(C)OC.COC(=O)C[C@H](C(=O)N1CCC[C@H]1C(=O)NC(C)C)c1ccccc1. The molecular weight excluding hydrogens is 1220 g/mol. The van der Waals surface area contributed by atoms with Crippen LogP contribution in [0.1, 0.15) is 198 Å². The largest absolute Gasteiger partial charge is 0.469 e. The molecular formula is C70H116N8O17. The number of nitrogens with one attached hydrogen (secondary N) is 4. The summed E-state index contributed by atoms with van der Waals surface area (Å²) in [6.07, 6.45) is 7.41. The molecule has 1 aromatic carbocycles. The van der Waals surface area contributed by atoms with Gasteiger partial charge in [-0.1, -0.05) is 70.9 Å². The Hall–Kier alpha value is -7.18. The molecule has 0 unspecified atom stereocenters. The zero-order valence-corrected chi connectivity index (χ0v) is 60.4. The summed E-state index contributed by atoms with van der Waals surface area (Å²) in [5, 5.41) is 11.5. The number of benzene rings is 1. The fourth-order valence-electron chi connectivity index (χ4n) is 12.0. The van der Waals surface area contributed by atoms with Crippen LogP contribution in [0.15, 0.2) is 30.3 Å². The smallest absolute Gasteiger partial charge is 0.306 e. The number of esters is 4. The van der Waals surface area contributed by atoms with E-state index in [1.54, 1.807) is 33.4 Å². The number of amides is 8. The lowest BCUT2D eigenvalue weighted by atomic mass is 9.86. The number of rotatable bonds is 27. The van der Waals surface area contributed by atoms with Crippen molar-refractivity contribution in [2.24, 2.45) is 29.6 Å².